The maximum atomic E-state index is 13.1. The molecule has 9 heteroatoms. The summed E-state index contributed by atoms with van der Waals surface area (Å²) in [6.07, 6.45) is 6.10. The topological polar surface area (TPSA) is 73.1 Å². The number of nitrogens with zero attached hydrogens (tertiary/aromatic N) is 5. The predicted octanol–water partition coefficient (Wildman–Crippen LogP) is 3.94. The molecule has 0 spiro atoms. The van der Waals surface area contributed by atoms with Crippen LogP contribution in [0.25, 0.3) is 11.1 Å². The van der Waals surface area contributed by atoms with E-state index in [1.54, 1.807) is 4.90 Å². The molecule has 1 aliphatic heterocycles. The molecule has 7 nitrogen and oxygen atoms in total. The van der Waals surface area contributed by atoms with Crippen molar-refractivity contribution in [2.75, 3.05) is 6.61 Å². The Morgan fingerprint density at radius 3 is 2.65 bits per heavy atom. The van der Waals surface area contributed by atoms with Gasteiger partial charge >= 0.3 is 0 Å². The molecule has 0 unspecified atom stereocenters. The quantitative estimate of drug-likeness (QED) is 0.545. The van der Waals surface area contributed by atoms with Gasteiger partial charge in [0.25, 0.3) is 11.8 Å². The highest BCUT2D eigenvalue weighted by molar-refractivity contribution is 5.99. The highest BCUT2D eigenvalue weighted by Crippen LogP contribution is 2.30. The smallest absolute Gasteiger partial charge is 0.278 e. The lowest BCUT2D eigenvalue weighted by Crippen LogP contribution is -2.25. The van der Waals surface area contributed by atoms with Gasteiger partial charge in [-0.2, -0.15) is 5.10 Å². The van der Waals surface area contributed by atoms with E-state index >= 15 is 0 Å². The number of ether oxygens (including phenoxy) is 1. The Bertz CT molecular complexity index is 1080. The molecule has 31 heavy (non-hydrogen) atoms. The van der Waals surface area contributed by atoms with Crippen molar-refractivity contribution in [1.29, 1.82) is 0 Å². The number of benzene rings is 1. The first-order chi connectivity index (χ1) is 14.8. The van der Waals surface area contributed by atoms with Crippen LogP contribution in [0, 0.1) is 0 Å². The van der Waals surface area contributed by atoms with Gasteiger partial charge in [-0.3, -0.25) is 9.48 Å². The van der Waals surface area contributed by atoms with E-state index in [0.29, 0.717) is 12.2 Å². The van der Waals surface area contributed by atoms with E-state index in [9.17, 15) is 13.6 Å². The Morgan fingerprint density at radius 1 is 1.16 bits per heavy atom. The molecule has 1 aliphatic rings. The second kappa shape index (κ2) is 8.41. The zero-order valence-corrected chi connectivity index (χ0v) is 17.4. The molecule has 3 heterocycles. The van der Waals surface area contributed by atoms with Crippen LogP contribution in [0.1, 0.15) is 41.9 Å². The Morgan fingerprint density at radius 2 is 1.94 bits per heavy atom. The van der Waals surface area contributed by atoms with Gasteiger partial charge in [0.15, 0.2) is 6.61 Å². The monoisotopic (exact) mass is 427 g/mol. The zero-order chi connectivity index (χ0) is 22.0. The highest BCUT2D eigenvalue weighted by atomic mass is 19.3. The van der Waals surface area contributed by atoms with Gasteiger partial charge in [-0.15, -0.1) is 0 Å². The molecule has 3 aromatic rings. The molecule has 0 fully saturated rings. The van der Waals surface area contributed by atoms with Crippen molar-refractivity contribution in [1.82, 2.24) is 24.6 Å². The third kappa shape index (κ3) is 4.70. The van der Waals surface area contributed by atoms with E-state index in [1.807, 2.05) is 41.3 Å². The van der Waals surface area contributed by atoms with Crippen molar-refractivity contribution >= 4 is 5.91 Å². The van der Waals surface area contributed by atoms with Crippen LogP contribution >= 0.6 is 0 Å². The van der Waals surface area contributed by atoms with Crippen molar-refractivity contribution < 1.29 is 18.3 Å². The van der Waals surface area contributed by atoms with Crippen LogP contribution in [0.4, 0.5) is 8.78 Å². The van der Waals surface area contributed by atoms with Crippen LogP contribution < -0.4 is 4.74 Å². The number of halogens is 2. The van der Waals surface area contributed by atoms with Crippen LogP contribution in [0.3, 0.4) is 0 Å². The second-order valence-electron chi connectivity index (χ2n) is 7.71. The summed E-state index contributed by atoms with van der Waals surface area (Å²) in [4.78, 5) is 22.5. The summed E-state index contributed by atoms with van der Waals surface area (Å²) in [6.45, 7) is 3.53. The Kier molecular flexibility index (Phi) is 5.67. The number of rotatable bonds is 8. The van der Waals surface area contributed by atoms with Crippen molar-refractivity contribution in [2.24, 2.45) is 0 Å². The van der Waals surface area contributed by atoms with Gasteiger partial charge < -0.3 is 9.64 Å². The first-order valence-electron chi connectivity index (χ1n) is 10.1. The second-order valence-corrected chi connectivity index (χ2v) is 7.71. The summed E-state index contributed by atoms with van der Waals surface area (Å²) in [7, 11) is 0. The fourth-order valence-electron chi connectivity index (χ4n) is 3.47. The molecule has 0 N–H and O–H groups in total. The fourth-order valence-corrected chi connectivity index (χ4v) is 3.47. The minimum atomic E-state index is -3.02. The van der Waals surface area contributed by atoms with E-state index < -0.39 is 12.5 Å². The lowest BCUT2D eigenvalue weighted by molar-refractivity contribution is -0.0245. The number of aryl methyl sites for hydroxylation is 1. The van der Waals surface area contributed by atoms with Gasteiger partial charge in [0.1, 0.15) is 11.9 Å². The Balaban J connectivity index is 1.45. The van der Waals surface area contributed by atoms with E-state index in [0.717, 1.165) is 36.6 Å². The third-order valence-corrected chi connectivity index (χ3v) is 4.94. The Hall–Kier alpha value is -3.36. The number of carbonyl (C=O) groups is 1. The molecule has 4 rings (SSSR count). The third-order valence-electron chi connectivity index (χ3n) is 4.94. The zero-order valence-electron chi connectivity index (χ0n) is 17.4. The van der Waals surface area contributed by atoms with E-state index in [-0.39, 0.29) is 23.9 Å². The summed E-state index contributed by atoms with van der Waals surface area (Å²) >= 11 is 0. The standard InChI is InChI=1S/C22H23F2N5O2/c1-3-8-29-11-17(9-27-29)16-6-4-15(5-7-16)10-28-12-18-19(21(28)30)20(26-14-25-18)31-13-22(2,23)24/h4-7,9,11,14H,3,8,10,12-13H2,1-2H3. The summed E-state index contributed by atoms with van der Waals surface area (Å²) < 4.78 is 33.3. The van der Waals surface area contributed by atoms with Gasteiger partial charge in [-0.05, 0) is 17.5 Å². The highest BCUT2D eigenvalue weighted by Gasteiger charge is 2.34. The summed E-state index contributed by atoms with van der Waals surface area (Å²) in [5.41, 5.74) is 3.67. The molecule has 0 aliphatic carbocycles. The fraction of sp³-hybridized carbons (Fsp3) is 0.364. The molecule has 0 bridgehead atoms. The van der Waals surface area contributed by atoms with Gasteiger partial charge in [-0.25, -0.2) is 18.7 Å². The van der Waals surface area contributed by atoms with Gasteiger partial charge in [0.2, 0.25) is 5.88 Å². The maximum absolute atomic E-state index is 13.1. The van der Waals surface area contributed by atoms with Crippen molar-refractivity contribution in [3.63, 3.8) is 0 Å². The number of amides is 1. The van der Waals surface area contributed by atoms with Gasteiger partial charge in [0, 0.05) is 31.8 Å². The van der Waals surface area contributed by atoms with Crippen LogP contribution in [0.5, 0.6) is 5.88 Å². The van der Waals surface area contributed by atoms with E-state index in [4.69, 9.17) is 4.74 Å². The van der Waals surface area contributed by atoms with Crippen molar-refractivity contribution in [3.05, 3.63) is 59.8 Å². The first-order valence-corrected chi connectivity index (χ1v) is 10.1. The van der Waals surface area contributed by atoms with Crippen LogP contribution in [-0.4, -0.2) is 43.1 Å². The number of aromatic nitrogens is 4. The Labute approximate surface area is 178 Å². The molecule has 0 saturated carbocycles. The number of fused-ring (bicyclic) bond motifs is 1. The largest absolute Gasteiger partial charge is 0.471 e. The minimum Gasteiger partial charge on any atom is -0.471 e. The number of hydrogen-bond donors (Lipinski definition) is 0. The van der Waals surface area contributed by atoms with Crippen molar-refractivity contribution in [2.45, 2.75) is 45.8 Å². The average molecular weight is 427 g/mol. The number of carbonyl (C=O) groups excluding carboxylic acids is 1. The van der Waals surface area contributed by atoms with Crippen molar-refractivity contribution in [3.8, 4) is 17.0 Å². The van der Waals surface area contributed by atoms with Gasteiger partial charge in [-0.1, -0.05) is 31.2 Å². The number of hydrogen-bond acceptors (Lipinski definition) is 5. The summed E-state index contributed by atoms with van der Waals surface area (Å²) in [5.74, 6) is -3.44. The summed E-state index contributed by atoms with van der Waals surface area (Å²) in [5, 5.41) is 4.35. The average Bonchev–Trinajstić information content (AvgIpc) is 3.32. The molecule has 2 aromatic heterocycles. The van der Waals surface area contributed by atoms with Crippen LogP contribution in [-0.2, 0) is 19.6 Å². The predicted molar refractivity (Wildman–Crippen MR) is 110 cm³/mol. The molecular formula is C22H23F2N5O2. The normalized spacial score (nSPS) is 13.5. The van der Waals surface area contributed by atoms with E-state index in [2.05, 4.69) is 22.0 Å². The lowest BCUT2D eigenvalue weighted by atomic mass is 10.1. The minimum absolute atomic E-state index is 0.0986. The SMILES string of the molecule is CCCn1cc(-c2ccc(CN3Cc4ncnc(OCC(C)(F)F)c4C3=O)cc2)cn1. The lowest BCUT2D eigenvalue weighted by Gasteiger charge is -2.16. The van der Waals surface area contributed by atoms with Crippen LogP contribution in [0.15, 0.2) is 43.0 Å². The molecule has 0 saturated heterocycles. The van der Waals surface area contributed by atoms with Gasteiger partial charge in [0.05, 0.1) is 18.4 Å². The molecule has 0 atom stereocenters. The summed E-state index contributed by atoms with van der Waals surface area (Å²) in [6, 6.07) is 7.91. The molecule has 162 valence electrons. The maximum Gasteiger partial charge on any atom is 0.278 e. The van der Waals surface area contributed by atoms with Crippen LogP contribution in [0.2, 0.25) is 0 Å². The molecule has 1 amide bonds. The molecular weight excluding hydrogens is 404 g/mol. The van der Waals surface area contributed by atoms with E-state index in [1.165, 1.54) is 6.33 Å². The first kappa shape index (κ1) is 20.9. The molecule has 0 radical (unpaired) electrons. The number of alkyl halides is 2. The molecule has 1 aromatic carbocycles.